The second-order valence-electron chi connectivity index (χ2n) is 13.2. The minimum absolute atomic E-state index is 0.00865. The maximum absolute atomic E-state index is 12.7. The van der Waals surface area contributed by atoms with E-state index in [-0.39, 0.29) is 12.5 Å². The van der Waals surface area contributed by atoms with Crippen LogP contribution in [0.4, 0.5) is 0 Å². The van der Waals surface area contributed by atoms with Crippen LogP contribution in [0, 0.1) is 0 Å². The number of phosphoric ester groups is 1. The maximum Gasteiger partial charge on any atom is 0.268 e. The number of amides is 1. The smallest absolute Gasteiger partial charge is 0.268 e. The number of likely N-dealkylation sites (N-methyl/N-ethyl adjacent to an activating group) is 1. The molecule has 9 heteroatoms. The van der Waals surface area contributed by atoms with Gasteiger partial charge >= 0.3 is 0 Å². The summed E-state index contributed by atoms with van der Waals surface area (Å²) in [6.45, 7) is 4.52. The highest BCUT2D eigenvalue weighted by atomic mass is 31.2. The van der Waals surface area contributed by atoms with Gasteiger partial charge in [-0.1, -0.05) is 127 Å². The zero-order valence-electron chi connectivity index (χ0n) is 29.6. The fraction of sp³-hybridized carbons (Fsp3) is 0.806. The average Bonchev–Trinajstić information content (AvgIpc) is 2.97. The Labute approximate surface area is 276 Å². The summed E-state index contributed by atoms with van der Waals surface area (Å²) in [5, 5.41) is 13.6. The molecule has 3 unspecified atom stereocenters. The monoisotopic (exact) mass is 656 g/mol. The lowest BCUT2D eigenvalue weighted by molar-refractivity contribution is -0.870. The largest absolute Gasteiger partial charge is 0.756 e. The molecule has 0 heterocycles. The molecule has 3 atom stereocenters. The van der Waals surface area contributed by atoms with Crippen LogP contribution >= 0.6 is 7.82 Å². The Kier molecular flexibility index (Phi) is 28.1. The standard InChI is InChI=1S/C36H69N2O6P/c1-6-8-10-12-14-16-18-20-21-23-25-27-29-35(39)34(33-44-45(41,42)43-32-31-38(3,4)5)37-36(40)30-28-26-24-22-19-17-15-13-11-9-7-2/h12,14,20-21,27,29,34-35,39H,6-11,13,15-19,22-26,28,30-33H2,1-5H3,(H-,37,40,41,42)/b14-12+,21-20+,29-27+. The molecule has 0 aromatic heterocycles. The SMILES string of the molecule is CCCC/C=C/CC/C=C/CC/C=C/C(O)C(COP(=O)([O-])OCC[N+](C)(C)C)NC(=O)CCCCCCCCCCCCC. The van der Waals surface area contributed by atoms with Crippen LogP contribution < -0.4 is 10.2 Å². The van der Waals surface area contributed by atoms with Crippen LogP contribution in [0.5, 0.6) is 0 Å². The zero-order chi connectivity index (χ0) is 33.7. The fourth-order valence-electron chi connectivity index (χ4n) is 4.64. The Hall–Kier alpha value is -1.28. The van der Waals surface area contributed by atoms with Crippen molar-refractivity contribution in [3.63, 3.8) is 0 Å². The Bertz CT molecular complexity index is 840. The molecule has 0 aliphatic heterocycles. The Morgan fingerprint density at radius 3 is 1.78 bits per heavy atom. The summed E-state index contributed by atoms with van der Waals surface area (Å²) in [5.41, 5.74) is 0. The molecule has 0 aliphatic rings. The first-order valence-corrected chi connectivity index (χ1v) is 19.3. The molecule has 0 aliphatic carbocycles. The topological polar surface area (TPSA) is 108 Å². The van der Waals surface area contributed by atoms with Crippen molar-refractivity contribution in [3.05, 3.63) is 36.5 Å². The van der Waals surface area contributed by atoms with E-state index < -0.39 is 26.6 Å². The minimum Gasteiger partial charge on any atom is -0.756 e. The molecule has 0 fully saturated rings. The van der Waals surface area contributed by atoms with E-state index in [0.29, 0.717) is 17.4 Å². The highest BCUT2D eigenvalue weighted by Crippen LogP contribution is 2.38. The molecule has 0 rings (SSSR count). The summed E-state index contributed by atoms with van der Waals surface area (Å²) >= 11 is 0. The van der Waals surface area contributed by atoms with Crippen LogP contribution in [0.3, 0.4) is 0 Å². The van der Waals surface area contributed by atoms with E-state index in [1.165, 1.54) is 64.2 Å². The van der Waals surface area contributed by atoms with Gasteiger partial charge in [-0.3, -0.25) is 9.36 Å². The van der Waals surface area contributed by atoms with Gasteiger partial charge in [0.2, 0.25) is 5.91 Å². The predicted octanol–water partition coefficient (Wildman–Crippen LogP) is 8.16. The van der Waals surface area contributed by atoms with Crippen LogP contribution in [-0.4, -0.2) is 68.5 Å². The highest BCUT2D eigenvalue weighted by Gasteiger charge is 2.23. The van der Waals surface area contributed by atoms with Crippen molar-refractivity contribution in [1.82, 2.24) is 5.32 Å². The van der Waals surface area contributed by atoms with Crippen molar-refractivity contribution in [2.75, 3.05) is 40.9 Å². The van der Waals surface area contributed by atoms with Crippen molar-refractivity contribution in [3.8, 4) is 0 Å². The number of aliphatic hydroxyl groups excluding tert-OH is 1. The third-order valence-electron chi connectivity index (χ3n) is 7.58. The summed E-state index contributed by atoms with van der Waals surface area (Å²) in [6, 6.07) is -0.902. The van der Waals surface area contributed by atoms with Crippen LogP contribution in [0.1, 0.15) is 136 Å². The second kappa shape index (κ2) is 28.9. The Morgan fingerprint density at radius 1 is 0.756 bits per heavy atom. The molecule has 0 aromatic carbocycles. The van der Waals surface area contributed by atoms with Crippen LogP contribution in [0.15, 0.2) is 36.5 Å². The number of allylic oxidation sites excluding steroid dienone is 5. The van der Waals surface area contributed by atoms with E-state index in [0.717, 1.165) is 51.4 Å². The van der Waals surface area contributed by atoms with Gasteiger partial charge in [0.15, 0.2) is 0 Å². The van der Waals surface area contributed by atoms with Crippen molar-refractivity contribution < 1.29 is 32.9 Å². The van der Waals surface area contributed by atoms with E-state index in [9.17, 15) is 19.4 Å². The fourth-order valence-corrected chi connectivity index (χ4v) is 5.36. The molecule has 0 radical (unpaired) electrons. The van der Waals surface area contributed by atoms with E-state index in [2.05, 4.69) is 43.5 Å². The molecular weight excluding hydrogens is 587 g/mol. The molecule has 0 saturated heterocycles. The van der Waals surface area contributed by atoms with E-state index in [4.69, 9.17) is 9.05 Å². The summed E-state index contributed by atoms with van der Waals surface area (Å²) in [7, 11) is 1.23. The van der Waals surface area contributed by atoms with Gasteiger partial charge in [0, 0.05) is 6.42 Å². The number of unbranched alkanes of at least 4 members (excludes halogenated alkanes) is 14. The highest BCUT2D eigenvalue weighted by molar-refractivity contribution is 7.45. The molecular formula is C36H69N2O6P. The quantitative estimate of drug-likeness (QED) is 0.0337. The molecule has 0 aromatic rings. The van der Waals surface area contributed by atoms with Crippen LogP contribution in [0.25, 0.3) is 0 Å². The zero-order valence-corrected chi connectivity index (χ0v) is 30.5. The lowest BCUT2D eigenvalue weighted by Crippen LogP contribution is -2.45. The number of quaternary nitrogens is 1. The molecule has 264 valence electrons. The van der Waals surface area contributed by atoms with Crippen molar-refractivity contribution >= 4 is 13.7 Å². The van der Waals surface area contributed by atoms with Crippen LogP contribution in [0.2, 0.25) is 0 Å². The van der Waals surface area contributed by atoms with Crippen LogP contribution in [-0.2, 0) is 18.4 Å². The number of hydrogen-bond acceptors (Lipinski definition) is 6. The van der Waals surface area contributed by atoms with E-state index >= 15 is 0 Å². The van der Waals surface area contributed by atoms with Gasteiger partial charge in [-0.15, -0.1) is 0 Å². The predicted molar refractivity (Wildman–Crippen MR) is 187 cm³/mol. The van der Waals surface area contributed by atoms with Crippen molar-refractivity contribution in [2.24, 2.45) is 0 Å². The lowest BCUT2D eigenvalue weighted by Gasteiger charge is -2.29. The van der Waals surface area contributed by atoms with Gasteiger partial charge in [-0.25, -0.2) is 0 Å². The molecule has 45 heavy (non-hydrogen) atoms. The van der Waals surface area contributed by atoms with E-state index in [1.54, 1.807) is 6.08 Å². The molecule has 0 saturated carbocycles. The van der Waals surface area contributed by atoms with Gasteiger partial charge in [-0.05, 0) is 38.5 Å². The molecule has 2 N–H and O–H groups in total. The van der Waals surface area contributed by atoms with Gasteiger partial charge < -0.3 is 28.8 Å². The number of aliphatic hydroxyl groups is 1. The molecule has 0 bridgehead atoms. The number of carbonyl (C=O) groups excluding carboxylic acids is 1. The van der Waals surface area contributed by atoms with Crippen molar-refractivity contribution in [1.29, 1.82) is 0 Å². The first kappa shape index (κ1) is 43.7. The Morgan fingerprint density at radius 2 is 1.24 bits per heavy atom. The number of rotatable bonds is 31. The minimum atomic E-state index is -4.58. The summed E-state index contributed by atoms with van der Waals surface area (Å²) in [6.07, 6.45) is 31.9. The third kappa shape index (κ3) is 31.1. The number of hydrogen-bond donors (Lipinski definition) is 2. The van der Waals surface area contributed by atoms with Gasteiger partial charge in [0.1, 0.15) is 13.2 Å². The first-order chi connectivity index (χ1) is 21.5. The number of carbonyl (C=O) groups is 1. The number of phosphoric acid groups is 1. The molecule has 8 nitrogen and oxygen atoms in total. The summed E-state index contributed by atoms with van der Waals surface area (Å²) in [5.74, 6) is -0.217. The lowest BCUT2D eigenvalue weighted by atomic mass is 10.0. The van der Waals surface area contributed by atoms with Gasteiger partial charge in [0.05, 0.1) is 39.9 Å². The first-order valence-electron chi connectivity index (χ1n) is 17.9. The normalized spacial score (nSPS) is 15.3. The molecule has 1 amide bonds. The Balaban J connectivity index is 4.67. The van der Waals surface area contributed by atoms with Gasteiger partial charge in [-0.2, -0.15) is 0 Å². The van der Waals surface area contributed by atoms with E-state index in [1.807, 2.05) is 27.2 Å². The second-order valence-corrected chi connectivity index (χ2v) is 14.6. The maximum atomic E-state index is 12.7. The number of nitrogens with zero attached hydrogens (tertiary/aromatic N) is 1. The van der Waals surface area contributed by atoms with Crippen molar-refractivity contribution in [2.45, 2.75) is 148 Å². The average molecular weight is 657 g/mol. The molecule has 0 spiro atoms. The summed E-state index contributed by atoms with van der Waals surface area (Å²) in [4.78, 5) is 25.0. The van der Waals surface area contributed by atoms with Gasteiger partial charge in [0.25, 0.3) is 7.82 Å². The summed E-state index contributed by atoms with van der Waals surface area (Å²) < 4.78 is 23.0. The number of nitrogens with one attached hydrogen (secondary N) is 1. The third-order valence-corrected chi connectivity index (χ3v) is 8.54.